The van der Waals surface area contributed by atoms with Crippen molar-refractivity contribution in [2.24, 2.45) is 0 Å². The van der Waals surface area contributed by atoms with Gasteiger partial charge in [-0.2, -0.15) is 0 Å². The second-order valence-corrected chi connectivity index (χ2v) is 6.32. The van der Waals surface area contributed by atoms with Gasteiger partial charge in [-0.1, -0.05) is 19.3 Å². The number of urea groups is 1. The Kier molecular flexibility index (Phi) is 3.69. The van der Waals surface area contributed by atoms with Crippen LogP contribution in [0.4, 0.5) is 4.79 Å². The molecule has 2 N–H and O–H groups in total. The van der Waals surface area contributed by atoms with Crippen LogP contribution in [0.3, 0.4) is 0 Å². The topological polar surface area (TPSA) is 72.9 Å². The zero-order valence-corrected chi connectivity index (χ0v) is 11.8. The normalized spacial score (nSPS) is 30.9. The Morgan fingerprint density at radius 3 is 2.65 bits per heavy atom. The molecule has 2 heterocycles. The van der Waals surface area contributed by atoms with Crippen molar-refractivity contribution >= 4 is 11.9 Å². The molecule has 3 rings (SSSR count). The summed E-state index contributed by atoms with van der Waals surface area (Å²) in [5.41, 5.74) is -0.635. The first kappa shape index (κ1) is 13.8. The Hall–Kier alpha value is -1.14. The quantitative estimate of drug-likeness (QED) is 0.729. The highest BCUT2D eigenvalue weighted by Gasteiger charge is 2.51. The van der Waals surface area contributed by atoms with Crippen LogP contribution in [0, 0.1) is 0 Å². The molecule has 2 saturated heterocycles. The van der Waals surface area contributed by atoms with Gasteiger partial charge in [-0.05, 0) is 25.7 Å². The Balaban J connectivity index is 1.67. The lowest BCUT2D eigenvalue weighted by Crippen LogP contribution is -2.50. The van der Waals surface area contributed by atoms with Crippen LogP contribution in [-0.4, -0.2) is 58.2 Å². The van der Waals surface area contributed by atoms with Gasteiger partial charge in [0.25, 0.3) is 5.91 Å². The lowest BCUT2D eigenvalue weighted by molar-refractivity contribution is -0.134. The van der Waals surface area contributed by atoms with Crippen LogP contribution >= 0.6 is 0 Å². The predicted octanol–water partition coefficient (Wildman–Crippen LogP) is 0.655. The molecule has 2 aliphatic heterocycles. The van der Waals surface area contributed by atoms with Crippen molar-refractivity contribution in [3.05, 3.63) is 0 Å². The Labute approximate surface area is 119 Å². The number of rotatable bonds is 2. The van der Waals surface area contributed by atoms with E-state index in [9.17, 15) is 14.7 Å². The summed E-state index contributed by atoms with van der Waals surface area (Å²) in [6, 6.07) is -0.267. The number of aliphatic hydroxyl groups is 1. The molecule has 3 aliphatic rings. The van der Waals surface area contributed by atoms with Gasteiger partial charge in [-0.15, -0.1) is 0 Å². The first-order valence-corrected chi connectivity index (χ1v) is 7.65. The van der Waals surface area contributed by atoms with Crippen molar-refractivity contribution in [1.29, 1.82) is 0 Å². The summed E-state index contributed by atoms with van der Waals surface area (Å²) in [6.45, 7) is 1.69. The van der Waals surface area contributed by atoms with Crippen LogP contribution in [0.2, 0.25) is 0 Å². The molecular weight excluding hydrogens is 258 g/mol. The second kappa shape index (κ2) is 5.33. The largest absolute Gasteiger partial charge is 0.392 e. The van der Waals surface area contributed by atoms with Crippen molar-refractivity contribution < 1.29 is 14.7 Å². The first-order chi connectivity index (χ1) is 9.61. The Morgan fingerprint density at radius 2 is 1.95 bits per heavy atom. The monoisotopic (exact) mass is 281 g/mol. The van der Waals surface area contributed by atoms with E-state index in [-0.39, 0.29) is 18.0 Å². The molecule has 0 radical (unpaired) electrons. The maximum Gasteiger partial charge on any atom is 0.326 e. The average Bonchev–Trinajstić information content (AvgIpc) is 2.64. The number of imide groups is 1. The van der Waals surface area contributed by atoms with Crippen LogP contribution in [0.1, 0.15) is 44.9 Å². The number of likely N-dealkylation sites (tertiary alicyclic amines) is 1. The highest BCUT2D eigenvalue weighted by Crippen LogP contribution is 2.33. The number of piperidine rings is 1. The molecule has 1 spiro atoms. The number of aliphatic hydroxyl groups excluding tert-OH is 1. The van der Waals surface area contributed by atoms with Gasteiger partial charge in [0.05, 0.1) is 12.8 Å². The fourth-order valence-electron chi connectivity index (χ4n) is 3.66. The summed E-state index contributed by atoms with van der Waals surface area (Å²) >= 11 is 0. The van der Waals surface area contributed by atoms with Crippen LogP contribution in [-0.2, 0) is 4.79 Å². The third kappa shape index (κ3) is 2.42. The van der Waals surface area contributed by atoms with Gasteiger partial charge >= 0.3 is 6.03 Å². The third-order valence-electron chi connectivity index (χ3n) is 4.78. The maximum atomic E-state index is 12.6. The Morgan fingerprint density at radius 1 is 1.20 bits per heavy atom. The van der Waals surface area contributed by atoms with E-state index in [4.69, 9.17) is 0 Å². The molecule has 3 fully saturated rings. The number of nitrogens with zero attached hydrogens (tertiary/aromatic N) is 2. The standard InChI is InChI=1S/C14H23N3O3/c18-11-5-4-8-16(9-11)10-17-12(19)14(15-13(17)20)6-2-1-3-7-14/h11,18H,1-10H2,(H,15,20)/t11-/m0/s1. The number of hydrogen-bond acceptors (Lipinski definition) is 4. The van der Waals surface area contributed by atoms with Crippen molar-refractivity contribution in [3.8, 4) is 0 Å². The molecule has 0 unspecified atom stereocenters. The lowest BCUT2D eigenvalue weighted by atomic mass is 9.82. The van der Waals surface area contributed by atoms with E-state index in [1.165, 1.54) is 4.90 Å². The van der Waals surface area contributed by atoms with Gasteiger partial charge in [0, 0.05) is 13.1 Å². The van der Waals surface area contributed by atoms with Gasteiger partial charge in [-0.25, -0.2) is 9.69 Å². The average molecular weight is 281 g/mol. The zero-order chi connectivity index (χ0) is 14.2. The minimum atomic E-state index is -0.635. The van der Waals surface area contributed by atoms with E-state index in [0.717, 1.165) is 51.5 Å². The van der Waals surface area contributed by atoms with Crippen LogP contribution < -0.4 is 5.32 Å². The molecule has 20 heavy (non-hydrogen) atoms. The van der Waals surface area contributed by atoms with Crippen molar-refractivity contribution in [2.45, 2.75) is 56.6 Å². The van der Waals surface area contributed by atoms with Crippen molar-refractivity contribution in [1.82, 2.24) is 15.1 Å². The van der Waals surface area contributed by atoms with E-state index in [1.54, 1.807) is 0 Å². The van der Waals surface area contributed by atoms with E-state index in [0.29, 0.717) is 13.2 Å². The fraction of sp³-hybridized carbons (Fsp3) is 0.857. The van der Waals surface area contributed by atoms with Crippen molar-refractivity contribution in [2.75, 3.05) is 19.8 Å². The number of nitrogens with one attached hydrogen (secondary N) is 1. The molecule has 1 atom stereocenters. The molecule has 0 aromatic carbocycles. The molecule has 112 valence electrons. The number of amides is 3. The SMILES string of the molecule is O=C1NC2(CCCCC2)C(=O)N1CN1CCC[C@H](O)C1. The molecule has 0 aromatic rings. The zero-order valence-electron chi connectivity index (χ0n) is 11.8. The summed E-state index contributed by atoms with van der Waals surface area (Å²) in [5, 5.41) is 12.6. The lowest BCUT2D eigenvalue weighted by Gasteiger charge is -2.33. The minimum Gasteiger partial charge on any atom is -0.392 e. The summed E-state index contributed by atoms with van der Waals surface area (Å²) < 4.78 is 0. The minimum absolute atomic E-state index is 0.0673. The summed E-state index contributed by atoms with van der Waals surface area (Å²) in [5.74, 6) is -0.0673. The molecule has 1 aliphatic carbocycles. The first-order valence-electron chi connectivity index (χ1n) is 7.65. The highest BCUT2D eigenvalue weighted by atomic mass is 16.3. The second-order valence-electron chi connectivity index (χ2n) is 6.32. The van der Waals surface area contributed by atoms with Gasteiger partial charge in [-0.3, -0.25) is 9.69 Å². The third-order valence-corrected chi connectivity index (χ3v) is 4.78. The van der Waals surface area contributed by atoms with Crippen LogP contribution in [0.15, 0.2) is 0 Å². The van der Waals surface area contributed by atoms with Gasteiger partial charge in [0.1, 0.15) is 5.54 Å². The molecule has 0 bridgehead atoms. The number of carbonyl (C=O) groups excluding carboxylic acids is 2. The van der Waals surface area contributed by atoms with E-state index < -0.39 is 5.54 Å². The van der Waals surface area contributed by atoms with Crippen molar-refractivity contribution in [3.63, 3.8) is 0 Å². The summed E-state index contributed by atoms with van der Waals surface area (Å²) in [6.07, 6.45) is 6.05. The number of β-amino-alcohol motifs (C(OH)–C–C–N with tert-alkyl or cyclic N) is 1. The molecule has 1 saturated carbocycles. The van der Waals surface area contributed by atoms with E-state index in [2.05, 4.69) is 5.32 Å². The van der Waals surface area contributed by atoms with Crippen LogP contribution in [0.25, 0.3) is 0 Å². The summed E-state index contributed by atoms with van der Waals surface area (Å²) in [7, 11) is 0. The molecule has 6 nitrogen and oxygen atoms in total. The fourth-order valence-corrected chi connectivity index (χ4v) is 3.66. The Bertz CT molecular complexity index is 406. The molecule has 3 amide bonds. The van der Waals surface area contributed by atoms with E-state index in [1.807, 2.05) is 4.90 Å². The summed E-state index contributed by atoms with van der Waals surface area (Å²) in [4.78, 5) is 28.0. The molecule has 0 aromatic heterocycles. The van der Waals surface area contributed by atoms with E-state index >= 15 is 0 Å². The number of hydrogen-bond donors (Lipinski definition) is 2. The van der Waals surface area contributed by atoms with Crippen LogP contribution in [0.5, 0.6) is 0 Å². The predicted molar refractivity (Wildman–Crippen MR) is 72.9 cm³/mol. The number of carbonyl (C=O) groups is 2. The molecular formula is C14H23N3O3. The maximum absolute atomic E-state index is 12.6. The highest BCUT2D eigenvalue weighted by molar-refractivity contribution is 6.07. The molecule has 6 heteroatoms. The van der Waals surface area contributed by atoms with Gasteiger partial charge in [0.2, 0.25) is 0 Å². The van der Waals surface area contributed by atoms with Gasteiger partial charge in [0.15, 0.2) is 0 Å². The van der Waals surface area contributed by atoms with Gasteiger partial charge < -0.3 is 10.4 Å². The smallest absolute Gasteiger partial charge is 0.326 e.